The van der Waals surface area contributed by atoms with Crippen LogP contribution in [0.1, 0.15) is 49.9 Å². The van der Waals surface area contributed by atoms with Crippen molar-refractivity contribution >= 4 is 5.78 Å². The Morgan fingerprint density at radius 1 is 1.32 bits per heavy atom. The zero-order chi connectivity index (χ0) is 13.7. The fourth-order valence-corrected chi connectivity index (χ4v) is 2.43. The van der Waals surface area contributed by atoms with Crippen LogP contribution in [-0.4, -0.2) is 24.5 Å². The van der Waals surface area contributed by atoms with Crippen molar-refractivity contribution in [3.8, 4) is 5.75 Å². The molecule has 1 saturated heterocycles. The smallest absolute Gasteiger partial charge is 0.164 e. The molecule has 0 aliphatic carbocycles. The Morgan fingerprint density at radius 3 is 2.63 bits per heavy atom. The quantitative estimate of drug-likeness (QED) is 0.827. The molecule has 19 heavy (non-hydrogen) atoms. The molecule has 3 nitrogen and oxygen atoms in total. The summed E-state index contributed by atoms with van der Waals surface area (Å²) in [6, 6.07) is 7.84. The van der Waals surface area contributed by atoms with Crippen molar-refractivity contribution in [2.45, 2.75) is 51.7 Å². The van der Waals surface area contributed by atoms with E-state index in [4.69, 9.17) is 4.74 Å². The minimum Gasteiger partial charge on any atom is -0.491 e. The van der Waals surface area contributed by atoms with E-state index in [1.807, 2.05) is 38.1 Å². The molecule has 1 fully saturated rings. The van der Waals surface area contributed by atoms with Gasteiger partial charge in [0.15, 0.2) is 5.78 Å². The number of carbonyl (C=O) groups excluding carboxylic acids is 1. The second kappa shape index (κ2) is 6.71. The molecule has 0 spiro atoms. The van der Waals surface area contributed by atoms with Gasteiger partial charge in [0.05, 0.1) is 6.10 Å². The Balaban J connectivity index is 1.91. The van der Waals surface area contributed by atoms with Gasteiger partial charge in [-0.3, -0.25) is 4.79 Å². The standard InChI is InChI=1S/C16H23NO2/c1-12(2)19-15-8-6-13(7-9-15)16(18)11-14-5-3-4-10-17-14/h6-9,12,14,17H,3-5,10-11H2,1-2H3. The molecule has 1 aliphatic heterocycles. The monoisotopic (exact) mass is 261 g/mol. The molecule has 2 rings (SSSR count). The molecule has 0 bridgehead atoms. The van der Waals surface area contributed by atoms with Crippen LogP contribution in [0.15, 0.2) is 24.3 Å². The lowest BCUT2D eigenvalue weighted by atomic mass is 9.97. The van der Waals surface area contributed by atoms with Crippen molar-refractivity contribution in [2.75, 3.05) is 6.54 Å². The maximum absolute atomic E-state index is 12.2. The maximum Gasteiger partial charge on any atom is 0.164 e. The first-order valence-corrected chi connectivity index (χ1v) is 7.18. The number of hydrogen-bond acceptors (Lipinski definition) is 3. The maximum atomic E-state index is 12.2. The Hall–Kier alpha value is -1.35. The summed E-state index contributed by atoms with van der Waals surface area (Å²) >= 11 is 0. The normalized spacial score (nSPS) is 19.4. The third-order valence-corrected chi connectivity index (χ3v) is 3.39. The van der Waals surface area contributed by atoms with Crippen LogP contribution in [0.5, 0.6) is 5.75 Å². The third-order valence-electron chi connectivity index (χ3n) is 3.39. The first-order chi connectivity index (χ1) is 9.15. The lowest BCUT2D eigenvalue weighted by molar-refractivity contribution is 0.0963. The molecule has 1 aliphatic rings. The number of ketones is 1. The third kappa shape index (κ3) is 4.35. The minimum absolute atomic E-state index is 0.160. The number of nitrogens with one attached hydrogen (secondary N) is 1. The van der Waals surface area contributed by atoms with Gasteiger partial charge in [-0.15, -0.1) is 0 Å². The average Bonchev–Trinajstić information content (AvgIpc) is 2.40. The minimum atomic E-state index is 0.160. The number of piperidine rings is 1. The molecule has 1 heterocycles. The molecule has 1 unspecified atom stereocenters. The summed E-state index contributed by atoms with van der Waals surface area (Å²) in [5, 5.41) is 3.41. The van der Waals surface area contributed by atoms with Crippen molar-refractivity contribution in [1.29, 1.82) is 0 Å². The Morgan fingerprint density at radius 2 is 2.05 bits per heavy atom. The van der Waals surface area contributed by atoms with Crippen LogP contribution in [0.4, 0.5) is 0 Å². The van der Waals surface area contributed by atoms with E-state index in [-0.39, 0.29) is 11.9 Å². The molecule has 1 aromatic carbocycles. The lowest BCUT2D eigenvalue weighted by Crippen LogP contribution is -2.35. The van der Waals surface area contributed by atoms with Crippen LogP contribution in [0.2, 0.25) is 0 Å². The highest BCUT2D eigenvalue weighted by atomic mass is 16.5. The summed E-state index contributed by atoms with van der Waals surface area (Å²) in [4.78, 5) is 12.2. The molecule has 3 heteroatoms. The topological polar surface area (TPSA) is 38.3 Å². The molecule has 1 atom stereocenters. The van der Waals surface area contributed by atoms with Gasteiger partial charge in [0, 0.05) is 18.0 Å². The summed E-state index contributed by atoms with van der Waals surface area (Å²) in [6.07, 6.45) is 4.33. The fourth-order valence-electron chi connectivity index (χ4n) is 2.43. The van der Waals surface area contributed by atoms with Crippen LogP contribution in [0.3, 0.4) is 0 Å². The highest BCUT2D eigenvalue weighted by molar-refractivity contribution is 5.96. The van der Waals surface area contributed by atoms with Crippen molar-refractivity contribution in [1.82, 2.24) is 5.32 Å². The first-order valence-electron chi connectivity index (χ1n) is 7.18. The molecule has 104 valence electrons. The van der Waals surface area contributed by atoms with Gasteiger partial charge in [-0.25, -0.2) is 0 Å². The van der Waals surface area contributed by atoms with E-state index >= 15 is 0 Å². The van der Waals surface area contributed by atoms with Gasteiger partial charge >= 0.3 is 0 Å². The van der Waals surface area contributed by atoms with E-state index in [9.17, 15) is 4.79 Å². The SMILES string of the molecule is CC(C)Oc1ccc(C(=O)CC2CCCCN2)cc1. The predicted octanol–water partition coefficient (Wildman–Crippen LogP) is 3.19. The summed E-state index contributed by atoms with van der Waals surface area (Å²) in [7, 11) is 0. The average molecular weight is 261 g/mol. The highest BCUT2D eigenvalue weighted by Gasteiger charge is 2.17. The number of Topliss-reactive ketones (excluding diaryl/α,β-unsaturated/α-hetero) is 1. The highest BCUT2D eigenvalue weighted by Crippen LogP contribution is 2.17. The van der Waals surface area contributed by atoms with Crippen molar-refractivity contribution in [2.24, 2.45) is 0 Å². The fraction of sp³-hybridized carbons (Fsp3) is 0.562. The molecular formula is C16H23NO2. The lowest BCUT2D eigenvalue weighted by Gasteiger charge is -2.22. The van der Waals surface area contributed by atoms with Gasteiger partial charge in [0.2, 0.25) is 0 Å². The molecule has 0 aromatic heterocycles. The number of benzene rings is 1. The van der Waals surface area contributed by atoms with Gasteiger partial charge in [0.1, 0.15) is 5.75 Å². The molecule has 0 saturated carbocycles. The van der Waals surface area contributed by atoms with Gasteiger partial charge in [-0.05, 0) is 57.5 Å². The Bertz CT molecular complexity index is 405. The van der Waals surface area contributed by atoms with E-state index in [2.05, 4.69) is 5.32 Å². The van der Waals surface area contributed by atoms with Gasteiger partial charge in [0.25, 0.3) is 0 Å². The second-order valence-electron chi connectivity index (χ2n) is 5.47. The summed E-state index contributed by atoms with van der Waals surface area (Å²) in [5.74, 6) is 1.04. The molecule has 1 N–H and O–H groups in total. The summed E-state index contributed by atoms with van der Waals surface area (Å²) in [6.45, 7) is 5.03. The molecule has 0 amide bonds. The van der Waals surface area contributed by atoms with Crippen LogP contribution in [0, 0.1) is 0 Å². The Labute approximate surface area is 115 Å². The number of rotatable bonds is 5. The van der Waals surface area contributed by atoms with Gasteiger partial charge in [-0.1, -0.05) is 6.42 Å². The van der Waals surface area contributed by atoms with Gasteiger partial charge < -0.3 is 10.1 Å². The number of ether oxygens (including phenoxy) is 1. The van der Waals surface area contributed by atoms with Crippen molar-refractivity contribution in [3.05, 3.63) is 29.8 Å². The largest absolute Gasteiger partial charge is 0.491 e. The van der Waals surface area contributed by atoms with Gasteiger partial charge in [-0.2, -0.15) is 0 Å². The van der Waals surface area contributed by atoms with E-state index in [1.54, 1.807) is 0 Å². The number of hydrogen-bond donors (Lipinski definition) is 1. The zero-order valence-corrected chi connectivity index (χ0v) is 11.8. The predicted molar refractivity (Wildman–Crippen MR) is 76.8 cm³/mol. The summed E-state index contributed by atoms with van der Waals surface area (Å²) in [5.41, 5.74) is 0.781. The molecule has 0 radical (unpaired) electrons. The van der Waals surface area contributed by atoms with Crippen LogP contribution in [0.25, 0.3) is 0 Å². The van der Waals surface area contributed by atoms with Crippen molar-refractivity contribution in [3.63, 3.8) is 0 Å². The van der Waals surface area contributed by atoms with E-state index in [0.717, 1.165) is 24.3 Å². The van der Waals surface area contributed by atoms with E-state index in [0.29, 0.717) is 12.5 Å². The first kappa shape index (κ1) is 14.1. The zero-order valence-electron chi connectivity index (χ0n) is 11.8. The molecule has 1 aromatic rings. The second-order valence-corrected chi connectivity index (χ2v) is 5.47. The van der Waals surface area contributed by atoms with Crippen LogP contribution in [-0.2, 0) is 0 Å². The Kier molecular flexibility index (Phi) is 4.97. The van der Waals surface area contributed by atoms with Crippen LogP contribution >= 0.6 is 0 Å². The molecular weight excluding hydrogens is 238 g/mol. The number of carbonyl (C=O) groups is 1. The van der Waals surface area contributed by atoms with Crippen molar-refractivity contribution < 1.29 is 9.53 Å². The summed E-state index contributed by atoms with van der Waals surface area (Å²) < 4.78 is 5.58. The van der Waals surface area contributed by atoms with E-state index in [1.165, 1.54) is 12.8 Å². The van der Waals surface area contributed by atoms with Crippen LogP contribution < -0.4 is 10.1 Å². The van der Waals surface area contributed by atoms with E-state index < -0.39 is 0 Å².